The predicted octanol–water partition coefficient (Wildman–Crippen LogP) is 2.81. The number of phenols is 1. The van der Waals surface area contributed by atoms with Crippen LogP contribution in [0.1, 0.15) is 38.2 Å². The van der Waals surface area contributed by atoms with E-state index >= 15 is 0 Å². The van der Waals surface area contributed by atoms with Crippen LogP contribution in [0.15, 0.2) is 27.9 Å². The van der Waals surface area contributed by atoms with Crippen molar-refractivity contribution in [2.45, 2.75) is 32.6 Å². The summed E-state index contributed by atoms with van der Waals surface area (Å²) in [6.45, 7) is 3.94. The van der Waals surface area contributed by atoms with Crippen LogP contribution in [-0.4, -0.2) is 36.5 Å². The molecule has 1 aromatic rings. The third-order valence-corrected chi connectivity index (χ3v) is 5.81. The van der Waals surface area contributed by atoms with Crippen molar-refractivity contribution in [3.63, 3.8) is 0 Å². The molecule has 0 radical (unpaired) electrons. The maximum Gasteiger partial charge on any atom is 0.316 e. The Morgan fingerprint density at radius 2 is 2.04 bits per heavy atom. The number of nitrogens with one attached hydrogen (secondary N) is 1. The van der Waals surface area contributed by atoms with Gasteiger partial charge in [0, 0.05) is 23.6 Å². The van der Waals surface area contributed by atoms with Crippen molar-refractivity contribution in [3.05, 3.63) is 33.4 Å². The number of phenolic OH excluding ortho intramolecular Hbond substituents is 1. The van der Waals surface area contributed by atoms with E-state index in [1.807, 2.05) is 0 Å². The van der Waals surface area contributed by atoms with Crippen molar-refractivity contribution in [3.8, 4) is 11.5 Å². The molecular weight excluding hydrogens is 430 g/mol. The number of amides is 1. The number of carbonyl (C=O) groups excluding carboxylic acids is 3. The highest BCUT2D eigenvalue weighted by molar-refractivity contribution is 9.10. The maximum absolute atomic E-state index is 13.2. The number of ether oxygens (including phenoxy) is 2. The van der Waals surface area contributed by atoms with Gasteiger partial charge in [-0.1, -0.05) is 6.92 Å². The highest BCUT2D eigenvalue weighted by Crippen LogP contribution is 2.45. The quantitative estimate of drug-likeness (QED) is 0.538. The molecule has 2 aliphatic rings. The van der Waals surface area contributed by atoms with Crippen LogP contribution in [-0.2, 0) is 19.1 Å². The fourth-order valence-corrected chi connectivity index (χ4v) is 4.40. The number of hydrogen-bond acceptors (Lipinski definition) is 6. The number of Topliss-reactive ketones (excluding diaryl/α,β-unsaturated/α-hetero) is 1. The molecular formula is C20H22BrNO6. The topological polar surface area (TPSA) is 102 Å². The molecule has 2 N–H and O–H groups in total. The Balaban J connectivity index is 2.11. The lowest BCUT2D eigenvalue weighted by molar-refractivity contribution is -0.151. The lowest BCUT2D eigenvalue weighted by Crippen LogP contribution is -2.44. The van der Waals surface area contributed by atoms with E-state index in [4.69, 9.17) is 9.47 Å². The zero-order valence-corrected chi connectivity index (χ0v) is 17.5. The van der Waals surface area contributed by atoms with Crippen molar-refractivity contribution < 1.29 is 29.0 Å². The lowest BCUT2D eigenvalue weighted by Gasteiger charge is -2.36. The van der Waals surface area contributed by atoms with Gasteiger partial charge in [-0.05, 0) is 52.9 Å². The van der Waals surface area contributed by atoms with Gasteiger partial charge in [-0.2, -0.15) is 0 Å². The minimum absolute atomic E-state index is 0.0453. The summed E-state index contributed by atoms with van der Waals surface area (Å²) in [5.41, 5.74) is 1.64. The molecule has 0 saturated heterocycles. The van der Waals surface area contributed by atoms with Crippen LogP contribution in [0.4, 0.5) is 0 Å². The molecule has 3 atom stereocenters. The van der Waals surface area contributed by atoms with Crippen molar-refractivity contribution in [2.75, 3.05) is 13.7 Å². The number of allylic oxidation sites excluding steroid dienone is 2. The average molecular weight is 452 g/mol. The summed E-state index contributed by atoms with van der Waals surface area (Å²) in [7, 11) is 1.26. The first kappa shape index (κ1) is 20.4. The highest BCUT2D eigenvalue weighted by atomic mass is 79.9. The Morgan fingerprint density at radius 3 is 2.68 bits per heavy atom. The van der Waals surface area contributed by atoms with E-state index in [9.17, 15) is 19.5 Å². The van der Waals surface area contributed by atoms with Crippen LogP contribution in [0, 0.1) is 11.8 Å². The number of methoxy groups -OCH3 is 1. The molecule has 0 unspecified atom stereocenters. The third kappa shape index (κ3) is 3.53. The summed E-state index contributed by atoms with van der Waals surface area (Å²) in [5.74, 6) is -2.57. The largest absolute Gasteiger partial charge is 0.503 e. The van der Waals surface area contributed by atoms with Gasteiger partial charge in [0.1, 0.15) is 5.92 Å². The van der Waals surface area contributed by atoms with E-state index in [0.717, 1.165) is 0 Å². The maximum atomic E-state index is 13.2. The summed E-state index contributed by atoms with van der Waals surface area (Å²) in [6, 6.07) is 3.31. The molecule has 0 fully saturated rings. The number of rotatable bonds is 4. The second kappa shape index (κ2) is 7.95. The van der Waals surface area contributed by atoms with E-state index in [1.165, 1.54) is 7.11 Å². The number of benzene rings is 1. The van der Waals surface area contributed by atoms with Crippen LogP contribution < -0.4 is 10.1 Å². The van der Waals surface area contributed by atoms with Gasteiger partial charge in [-0.25, -0.2) is 0 Å². The summed E-state index contributed by atoms with van der Waals surface area (Å²) in [5, 5.41) is 13.0. The summed E-state index contributed by atoms with van der Waals surface area (Å²) < 4.78 is 10.7. The lowest BCUT2D eigenvalue weighted by atomic mass is 9.70. The van der Waals surface area contributed by atoms with E-state index < -0.39 is 17.8 Å². The number of aromatic hydroxyl groups is 1. The minimum Gasteiger partial charge on any atom is -0.503 e. The Kier molecular flexibility index (Phi) is 5.79. The third-order valence-electron chi connectivity index (χ3n) is 5.20. The van der Waals surface area contributed by atoms with Crippen LogP contribution in [0.5, 0.6) is 11.5 Å². The van der Waals surface area contributed by atoms with Gasteiger partial charge in [-0.15, -0.1) is 0 Å². The number of hydrogen-bond donors (Lipinski definition) is 2. The van der Waals surface area contributed by atoms with Gasteiger partial charge in [0.2, 0.25) is 5.91 Å². The Morgan fingerprint density at radius 1 is 1.32 bits per heavy atom. The smallest absolute Gasteiger partial charge is 0.316 e. The Labute approximate surface area is 171 Å². The number of ketones is 1. The molecule has 1 aliphatic heterocycles. The zero-order chi connectivity index (χ0) is 20.6. The van der Waals surface area contributed by atoms with Crippen molar-refractivity contribution in [1.29, 1.82) is 0 Å². The van der Waals surface area contributed by atoms with E-state index in [-0.39, 0.29) is 35.5 Å². The summed E-state index contributed by atoms with van der Waals surface area (Å²) >= 11 is 3.30. The molecule has 150 valence electrons. The second-order valence-corrected chi connectivity index (χ2v) is 7.88. The second-order valence-electron chi connectivity index (χ2n) is 7.03. The Hall–Kier alpha value is -2.35. The van der Waals surface area contributed by atoms with Crippen LogP contribution in [0.25, 0.3) is 0 Å². The van der Waals surface area contributed by atoms with Crippen LogP contribution in [0.2, 0.25) is 0 Å². The number of esters is 1. The van der Waals surface area contributed by atoms with Gasteiger partial charge in [0.05, 0.1) is 18.2 Å². The molecule has 7 nitrogen and oxygen atoms in total. The standard InChI is InChI=1S/C20H22BrNO6/c1-4-28-14-7-10(6-12(21)18(14)24)11-8-15(23)22-13-5-9(2)16(20(26)27-3)19(25)17(11)13/h6-7,9,11,16,24H,4-5,8H2,1-3H3,(H,22,23)/t9-,11+,16-/m0/s1. The Bertz CT molecular complexity index is 878. The van der Waals surface area contributed by atoms with Gasteiger partial charge in [0.15, 0.2) is 17.3 Å². The van der Waals surface area contributed by atoms with Crippen LogP contribution >= 0.6 is 15.9 Å². The van der Waals surface area contributed by atoms with Gasteiger partial charge >= 0.3 is 5.97 Å². The van der Waals surface area contributed by atoms with Gasteiger partial charge in [-0.3, -0.25) is 14.4 Å². The summed E-state index contributed by atoms with van der Waals surface area (Å²) in [6.07, 6.45) is 0.469. The molecule has 0 spiro atoms. The average Bonchev–Trinajstić information content (AvgIpc) is 2.64. The van der Waals surface area contributed by atoms with Crippen molar-refractivity contribution >= 4 is 33.6 Å². The SMILES string of the molecule is CCOc1cc([C@H]2CC(=O)NC3=C2C(=O)[C@@H](C(=O)OC)[C@@H](C)C3)cc(Br)c1O. The molecule has 0 saturated carbocycles. The van der Waals surface area contributed by atoms with Gasteiger partial charge in [0.25, 0.3) is 0 Å². The van der Waals surface area contributed by atoms with Crippen LogP contribution in [0.3, 0.4) is 0 Å². The molecule has 1 aliphatic carbocycles. The van der Waals surface area contributed by atoms with E-state index in [0.29, 0.717) is 34.3 Å². The number of halogens is 1. The fourth-order valence-electron chi connectivity index (χ4n) is 3.94. The van der Waals surface area contributed by atoms with Crippen molar-refractivity contribution in [2.24, 2.45) is 11.8 Å². The molecule has 0 aromatic heterocycles. The first-order valence-corrected chi connectivity index (χ1v) is 9.87. The minimum atomic E-state index is -0.895. The molecule has 1 heterocycles. The highest BCUT2D eigenvalue weighted by Gasteiger charge is 2.45. The van der Waals surface area contributed by atoms with E-state index in [2.05, 4.69) is 21.2 Å². The molecule has 1 amide bonds. The normalized spacial score (nSPS) is 24.5. The van der Waals surface area contributed by atoms with Gasteiger partial charge < -0.3 is 19.9 Å². The summed E-state index contributed by atoms with van der Waals surface area (Å²) in [4.78, 5) is 37.7. The van der Waals surface area contributed by atoms with E-state index in [1.54, 1.807) is 26.0 Å². The molecule has 3 rings (SSSR count). The number of carbonyl (C=O) groups is 3. The zero-order valence-electron chi connectivity index (χ0n) is 15.9. The first-order chi connectivity index (χ1) is 13.3. The molecule has 28 heavy (non-hydrogen) atoms. The molecule has 0 bridgehead atoms. The van der Waals surface area contributed by atoms with Crippen molar-refractivity contribution in [1.82, 2.24) is 5.32 Å². The molecule has 8 heteroatoms. The molecule has 1 aromatic carbocycles. The first-order valence-electron chi connectivity index (χ1n) is 9.08. The monoisotopic (exact) mass is 451 g/mol. The fraction of sp³-hybridized carbons (Fsp3) is 0.450. The predicted molar refractivity (Wildman–Crippen MR) is 104 cm³/mol.